The topological polar surface area (TPSA) is 93.3 Å². The Morgan fingerprint density at radius 2 is 2.10 bits per heavy atom. The third-order valence-corrected chi connectivity index (χ3v) is 3.66. The van der Waals surface area contributed by atoms with Crippen molar-refractivity contribution in [3.63, 3.8) is 0 Å². The van der Waals surface area contributed by atoms with Gasteiger partial charge in [0.2, 0.25) is 5.82 Å². The molecule has 0 aliphatic carbocycles. The zero-order valence-electron chi connectivity index (χ0n) is 9.43. The molecule has 6 nitrogen and oxygen atoms in total. The SMILES string of the molecule is O=C(O)CCSc1nc(C(F)(F)F)nc2sc(=O)oc12. The number of carboxylic acids is 1. The Bertz CT molecular complexity index is 709. The lowest BCUT2D eigenvalue weighted by atomic mass is 10.5. The number of carboxylic acid groups (broad SMARTS) is 1. The quantitative estimate of drug-likeness (QED) is 0.680. The van der Waals surface area contributed by atoms with E-state index in [2.05, 4.69) is 9.97 Å². The van der Waals surface area contributed by atoms with Crippen LogP contribution in [0.15, 0.2) is 14.2 Å². The molecule has 0 fully saturated rings. The first-order valence-corrected chi connectivity index (χ1v) is 6.81. The molecule has 0 radical (unpaired) electrons. The van der Waals surface area contributed by atoms with Gasteiger partial charge in [0.05, 0.1) is 6.42 Å². The van der Waals surface area contributed by atoms with Crippen LogP contribution in [-0.4, -0.2) is 26.8 Å². The molecule has 2 heterocycles. The maximum Gasteiger partial charge on any atom is 0.451 e. The largest absolute Gasteiger partial charge is 0.481 e. The predicted octanol–water partition coefficient (Wildman–Crippen LogP) is 2.23. The first-order valence-electron chi connectivity index (χ1n) is 5.01. The molecule has 0 aromatic carbocycles. The summed E-state index contributed by atoms with van der Waals surface area (Å²) < 4.78 is 42.6. The zero-order valence-corrected chi connectivity index (χ0v) is 11.1. The van der Waals surface area contributed by atoms with E-state index in [1.165, 1.54) is 0 Å². The highest BCUT2D eigenvalue weighted by Gasteiger charge is 2.36. The van der Waals surface area contributed by atoms with E-state index in [9.17, 15) is 22.8 Å². The van der Waals surface area contributed by atoms with Crippen molar-refractivity contribution in [2.45, 2.75) is 17.6 Å². The summed E-state index contributed by atoms with van der Waals surface area (Å²) in [5.41, 5.74) is -0.150. The van der Waals surface area contributed by atoms with E-state index in [0.717, 1.165) is 11.8 Å². The number of hydrogen-bond acceptors (Lipinski definition) is 7. The summed E-state index contributed by atoms with van der Waals surface area (Å²) in [6, 6.07) is 0. The normalized spacial score (nSPS) is 11.9. The Kier molecular flexibility index (Phi) is 3.99. The van der Waals surface area contributed by atoms with Crippen LogP contribution in [0.25, 0.3) is 10.4 Å². The van der Waals surface area contributed by atoms with E-state index >= 15 is 0 Å². The Morgan fingerprint density at radius 3 is 2.70 bits per heavy atom. The lowest BCUT2D eigenvalue weighted by Gasteiger charge is -2.06. The Hall–Kier alpha value is -1.62. The van der Waals surface area contributed by atoms with E-state index < -0.39 is 22.9 Å². The summed E-state index contributed by atoms with van der Waals surface area (Å²) in [4.78, 5) is 27.0. The second-order valence-electron chi connectivity index (χ2n) is 3.43. The van der Waals surface area contributed by atoms with Gasteiger partial charge < -0.3 is 9.52 Å². The fourth-order valence-electron chi connectivity index (χ4n) is 1.21. The number of fused-ring (bicyclic) bond motifs is 1. The summed E-state index contributed by atoms with van der Waals surface area (Å²) >= 11 is 1.20. The van der Waals surface area contributed by atoms with Gasteiger partial charge in [0.25, 0.3) is 0 Å². The number of rotatable bonds is 4. The lowest BCUT2D eigenvalue weighted by molar-refractivity contribution is -0.145. The highest BCUT2D eigenvalue weighted by molar-refractivity contribution is 7.99. The molecule has 0 aliphatic heterocycles. The van der Waals surface area contributed by atoms with Gasteiger partial charge in [-0.3, -0.25) is 4.79 Å². The van der Waals surface area contributed by atoms with Crippen molar-refractivity contribution < 1.29 is 27.5 Å². The van der Waals surface area contributed by atoms with Crippen LogP contribution in [0.5, 0.6) is 0 Å². The van der Waals surface area contributed by atoms with Crippen molar-refractivity contribution in [3.8, 4) is 0 Å². The molecule has 0 bridgehead atoms. The molecule has 0 amide bonds. The average molecular weight is 326 g/mol. The number of halogens is 3. The second kappa shape index (κ2) is 5.40. The van der Waals surface area contributed by atoms with E-state index in [-0.39, 0.29) is 27.6 Å². The standard InChI is InChI=1S/C9H5F3N2O4S2/c10-9(11,12)7-13-5(19-2-1-3(15)16)4-6(14-7)20-8(17)18-4/h1-2H2,(H,15,16). The number of carbonyl (C=O) groups is 1. The molecule has 2 aromatic rings. The van der Waals surface area contributed by atoms with Gasteiger partial charge in [-0.2, -0.15) is 13.2 Å². The van der Waals surface area contributed by atoms with Crippen molar-refractivity contribution in [2.75, 3.05) is 5.75 Å². The highest BCUT2D eigenvalue weighted by Crippen LogP contribution is 2.32. The molecular weight excluding hydrogens is 321 g/mol. The van der Waals surface area contributed by atoms with Gasteiger partial charge in [0.1, 0.15) is 5.03 Å². The predicted molar refractivity (Wildman–Crippen MR) is 63.9 cm³/mol. The van der Waals surface area contributed by atoms with E-state index in [0.29, 0.717) is 11.3 Å². The summed E-state index contributed by atoms with van der Waals surface area (Å²) in [7, 11) is 0. The molecule has 2 rings (SSSR count). The van der Waals surface area contributed by atoms with Crippen molar-refractivity contribution in [1.29, 1.82) is 0 Å². The molecule has 0 spiro atoms. The second-order valence-corrected chi connectivity index (χ2v) is 5.44. The monoisotopic (exact) mass is 326 g/mol. The van der Waals surface area contributed by atoms with Gasteiger partial charge in [-0.05, 0) is 11.3 Å². The first-order chi connectivity index (χ1) is 9.27. The van der Waals surface area contributed by atoms with Crippen molar-refractivity contribution in [1.82, 2.24) is 9.97 Å². The van der Waals surface area contributed by atoms with Crippen molar-refractivity contribution in [2.24, 2.45) is 0 Å². The molecule has 0 saturated heterocycles. The third-order valence-electron chi connectivity index (χ3n) is 1.98. The molecule has 1 N–H and O–H groups in total. The number of nitrogens with zero attached hydrogens (tertiary/aromatic N) is 2. The van der Waals surface area contributed by atoms with Crippen LogP contribution in [-0.2, 0) is 11.0 Å². The summed E-state index contributed by atoms with van der Waals surface area (Å²) in [6.07, 6.45) is -5.02. The van der Waals surface area contributed by atoms with Crippen LogP contribution in [0.1, 0.15) is 12.2 Å². The van der Waals surface area contributed by atoms with E-state index in [4.69, 9.17) is 9.52 Å². The van der Waals surface area contributed by atoms with Gasteiger partial charge in [-0.25, -0.2) is 14.8 Å². The van der Waals surface area contributed by atoms with Crippen LogP contribution in [0.4, 0.5) is 13.2 Å². The molecular formula is C9H5F3N2O4S2. The number of alkyl halides is 3. The molecule has 0 unspecified atom stereocenters. The van der Waals surface area contributed by atoms with Gasteiger partial charge >= 0.3 is 17.1 Å². The van der Waals surface area contributed by atoms with E-state index in [1.807, 2.05) is 0 Å². The summed E-state index contributed by atoms with van der Waals surface area (Å²) in [5, 5.41) is 8.30. The zero-order chi connectivity index (χ0) is 14.9. The fourth-order valence-corrected chi connectivity index (χ4v) is 2.81. The summed E-state index contributed by atoms with van der Waals surface area (Å²) in [5.74, 6) is -2.48. The Balaban J connectivity index is 2.44. The van der Waals surface area contributed by atoms with Crippen LogP contribution in [0, 0.1) is 0 Å². The molecule has 0 saturated carbocycles. The maximum atomic E-state index is 12.6. The van der Waals surface area contributed by atoms with Crippen LogP contribution in [0.3, 0.4) is 0 Å². The fraction of sp³-hybridized carbons (Fsp3) is 0.333. The molecule has 20 heavy (non-hydrogen) atoms. The first kappa shape index (κ1) is 14.8. The highest BCUT2D eigenvalue weighted by atomic mass is 32.2. The third kappa shape index (κ3) is 3.28. The van der Waals surface area contributed by atoms with Crippen LogP contribution in [0.2, 0.25) is 0 Å². The number of hydrogen-bond donors (Lipinski definition) is 1. The number of thioether (sulfide) groups is 1. The Labute approximate surface area is 116 Å². The van der Waals surface area contributed by atoms with Crippen LogP contribution >= 0.6 is 23.1 Å². The molecule has 11 heteroatoms. The smallest absolute Gasteiger partial charge is 0.451 e. The molecule has 2 aromatic heterocycles. The molecule has 108 valence electrons. The van der Waals surface area contributed by atoms with E-state index in [1.54, 1.807) is 0 Å². The minimum absolute atomic E-state index is 0.00169. The van der Waals surface area contributed by atoms with Gasteiger partial charge in [0, 0.05) is 5.75 Å². The maximum absolute atomic E-state index is 12.6. The average Bonchev–Trinajstić information content (AvgIpc) is 2.67. The van der Waals surface area contributed by atoms with Gasteiger partial charge in [-0.1, -0.05) is 0 Å². The number of aliphatic carboxylic acids is 1. The molecule has 0 atom stereocenters. The minimum Gasteiger partial charge on any atom is -0.481 e. The van der Waals surface area contributed by atoms with Crippen molar-refractivity contribution >= 4 is 39.5 Å². The van der Waals surface area contributed by atoms with Gasteiger partial charge in [0.15, 0.2) is 10.4 Å². The minimum atomic E-state index is -4.76. The lowest BCUT2D eigenvalue weighted by Crippen LogP contribution is -2.11. The van der Waals surface area contributed by atoms with Crippen molar-refractivity contribution in [3.05, 3.63) is 15.6 Å². The van der Waals surface area contributed by atoms with Gasteiger partial charge in [-0.15, -0.1) is 11.8 Å². The van der Waals surface area contributed by atoms with Crippen LogP contribution < -0.4 is 4.94 Å². The summed E-state index contributed by atoms with van der Waals surface area (Å²) in [6.45, 7) is 0. The molecule has 0 aliphatic rings. The number of aromatic nitrogens is 2. The Morgan fingerprint density at radius 1 is 1.40 bits per heavy atom.